The van der Waals surface area contributed by atoms with Gasteiger partial charge < -0.3 is 9.84 Å². The van der Waals surface area contributed by atoms with E-state index in [1.807, 2.05) is 57.2 Å². The molecule has 0 radical (unpaired) electrons. The highest BCUT2D eigenvalue weighted by atomic mass is 16.5. The van der Waals surface area contributed by atoms with Gasteiger partial charge in [0.2, 0.25) is 0 Å². The molecule has 2 aromatic rings. The molecule has 4 heteroatoms. The van der Waals surface area contributed by atoms with Crippen molar-refractivity contribution in [1.29, 1.82) is 0 Å². The molecular formula is C27H39NO3. The number of para-hydroxylation sites is 1. The summed E-state index contributed by atoms with van der Waals surface area (Å²) in [6.45, 7) is 15.2. The third kappa shape index (κ3) is 6.91. The predicted molar refractivity (Wildman–Crippen MR) is 127 cm³/mol. The van der Waals surface area contributed by atoms with E-state index in [-0.39, 0.29) is 11.9 Å². The fourth-order valence-corrected chi connectivity index (χ4v) is 3.90. The first kappa shape index (κ1) is 25.1. The Morgan fingerprint density at radius 1 is 0.935 bits per heavy atom. The maximum absolute atomic E-state index is 12.5. The number of aliphatic hydroxyl groups excluding tert-OH is 1. The third-order valence-corrected chi connectivity index (χ3v) is 5.69. The number of carbonyl (C=O) groups is 1. The van der Waals surface area contributed by atoms with E-state index in [0.29, 0.717) is 23.4 Å². The van der Waals surface area contributed by atoms with E-state index in [9.17, 15) is 9.90 Å². The van der Waals surface area contributed by atoms with E-state index < -0.39 is 11.5 Å². The van der Waals surface area contributed by atoms with Gasteiger partial charge in [0.1, 0.15) is 5.75 Å². The lowest BCUT2D eigenvalue weighted by Crippen LogP contribution is -2.38. The molecule has 0 spiro atoms. The van der Waals surface area contributed by atoms with Crippen LogP contribution < -0.4 is 4.74 Å². The lowest BCUT2D eigenvalue weighted by Gasteiger charge is -2.33. The predicted octanol–water partition coefficient (Wildman–Crippen LogP) is 5.96. The summed E-state index contributed by atoms with van der Waals surface area (Å²) >= 11 is 0. The number of aliphatic hydroxyl groups is 1. The van der Waals surface area contributed by atoms with Crippen LogP contribution in [0, 0.1) is 5.41 Å². The summed E-state index contributed by atoms with van der Waals surface area (Å²) in [6, 6.07) is 18.3. The molecule has 1 N–H and O–H groups in total. The molecule has 0 bridgehead atoms. The normalized spacial score (nSPS) is 14.2. The smallest absolute Gasteiger partial charge is 0.316 e. The highest BCUT2D eigenvalue weighted by molar-refractivity contribution is 5.78. The lowest BCUT2D eigenvalue weighted by atomic mass is 9.86. The van der Waals surface area contributed by atoms with Crippen molar-refractivity contribution >= 4 is 5.97 Å². The molecule has 0 aliphatic rings. The maximum atomic E-state index is 12.5. The molecule has 0 amide bonds. The maximum Gasteiger partial charge on any atom is 0.316 e. The molecule has 0 aromatic heterocycles. The van der Waals surface area contributed by atoms with Crippen LogP contribution in [0.4, 0.5) is 0 Å². The molecule has 0 saturated carbocycles. The van der Waals surface area contributed by atoms with E-state index >= 15 is 0 Å². The first-order valence-electron chi connectivity index (χ1n) is 11.3. The average molecular weight is 426 g/mol. The van der Waals surface area contributed by atoms with E-state index in [1.54, 1.807) is 6.07 Å². The topological polar surface area (TPSA) is 49.8 Å². The van der Waals surface area contributed by atoms with Gasteiger partial charge in [-0.25, -0.2) is 0 Å². The van der Waals surface area contributed by atoms with E-state index in [4.69, 9.17) is 4.74 Å². The van der Waals surface area contributed by atoms with Gasteiger partial charge in [-0.05, 0) is 73.1 Å². The number of hydrogen-bond acceptors (Lipinski definition) is 4. The van der Waals surface area contributed by atoms with Crippen molar-refractivity contribution in [3.8, 4) is 5.75 Å². The minimum Gasteiger partial charge on any atom is -0.426 e. The SMILES string of the molecule is CC(C)N(CCC(c1ccccc1)C(O)c1ccccc1OC(=O)C(C)(C)C)C(C)C. The van der Waals surface area contributed by atoms with Crippen LogP contribution in [0.2, 0.25) is 0 Å². The van der Waals surface area contributed by atoms with Crippen LogP contribution in [0.25, 0.3) is 0 Å². The van der Waals surface area contributed by atoms with E-state index in [1.165, 1.54) is 0 Å². The summed E-state index contributed by atoms with van der Waals surface area (Å²) < 4.78 is 5.71. The Balaban J connectivity index is 2.36. The van der Waals surface area contributed by atoms with Gasteiger partial charge in [0.25, 0.3) is 0 Å². The molecule has 4 nitrogen and oxygen atoms in total. The first-order chi connectivity index (χ1) is 14.5. The highest BCUT2D eigenvalue weighted by Gasteiger charge is 2.29. The Morgan fingerprint density at radius 2 is 1.48 bits per heavy atom. The second kappa shape index (κ2) is 10.9. The summed E-state index contributed by atoms with van der Waals surface area (Å²) in [5.74, 6) is 0.00493. The molecule has 2 atom stereocenters. The number of nitrogens with zero attached hydrogens (tertiary/aromatic N) is 1. The average Bonchev–Trinajstić information content (AvgIpc) is 2.70. The zero-order chi connectivity index (χ0) is 23.2. The van der Waals surface area contributed by atoms with Crippen LogP contribution in [0.15, 0.2) is 54.6 Å². The lowest BCUT2D eigenvalue weighted by molar-refractivity contribution is -0.143. The van der Waals surface area contributed by atoms with Crippen LogP contribution in [0.3, 0.4) is 0 Å². The number of hydrogen-bond donors (Lipinski definition) is 1. The van der Waals surface area contributed by atoms with Crippen molar-refractivity contribution in [3.63, 3.8) is 0 Å². The Hall–Kier alpha value is -2.17. The minimum absolute atomic E-state index is 0.115. The number of esters is 1. The van der Waals surface area contributed by atoms with Crippen LogP contribution in [0.1, 0.15) is 78.0 Å². The summed E-state index contributed by atoms with van der Waals surface area (Å²) in [5.41, 5.74) is 1.11. The Bertz CT molecular complexity index is 816. The molecule has 0 fully saturated rings. The Kier molecular flexibility index (Phi) is 8.84. The fourth-order valence-electron chi connectivity index (χ4n) is 3.90. The molecular weight excluding hydrogens is 386 g/mol. The van der Waals surface area contributed by atoms with Gasteiger partial charge in [0.15, 0.2) is 0 Å². The van der Waals surface area contributed by atoms with Crippen LogP contribution in [0.5, 0.6) is 5.75 Å². The molecule has 2 unspecified atom stereocenters. The standard InChI is InChI=1S/C27H39NO3/c1-19(2)28(20(3)4)18-17-22(21-13-9-8-10-14-21)25(29)23-15-11-12-16-24(23)31-26(30)27(5,6)7/h8-16,19-20,22,25,29H,17-18H2,1-7H3. The van der Waals surface area contributed by atoms with Gasteiger partial charge >= 0.3 is 5.97 Å². The summed E-state index contributed by atoms with van der Waals surface area (Å²) in [5, 5.41) is 11.5. The number of benzene rings is 2. The monoisotopic (exact) mass is 425 g/mol. The van der Waals surface area contributed by atoms with Crippen LogP contribution in [-0.2, 0) is 4.79 Å². The highest BCUT2D eigenvalue weighted by Crippen LogP contribution is 2.38. The summed E-state index contributed by atoms with van der Waals surface area (Å²) in [7, 11) is 0. The van der Waals surface area contributed by atoms with Crippen molar-refractivity contribution in [2.45, 2.75) is 79.0 Å². The number of ether oxygens (including phenoxy) is 1. The van der Waals surface area contributed by atoms with Gasteiger partial charge in [-0.3, -0.25) is 9.69 Å². The molecule has 0 aliphatic carbocycles. The second-order valence-corrected chi connectivity index (χ2v) is 9.85. The van der Waals surface area contributed by atoms with Crippen molar-refractivity contribution in [1.82, 2.24) is 4.90 Å². The van der Waals surface area contributed by atoms with Crippen molar-refractivity contribution in [3.05, 3.63) is 65.7 Å². The molecule has 170 valence electrons. The largest absolute Gasteiger partial charge is 0.426 e. The molecule has 0 heterocycles. The van der Waals surface area contributed by atoms with Gasteiger partial charge in [-0.2, -0.15) is 0 Å². The van der Waals surface area contributed by atoms with Crippen molar-refractivity contribution in [2.24, 2.45) is 5.41 Å². The molecule has 2 rings (SSSR count). The molecule has 0 saturated heterocycles. The van der Waals surface area contributed by atoms with E-state index in [2.05, 4.69) is 44.7 Å². The summed E-state index contributed by atoms with van der Waals surface area (Å²) in [6.07, 6.45) is 0.0101. The van der Waals surface area contributed by atoms with Crippen molar-refractivity contribution < 1.29 is 14.6 Å². The van der Waals surface area contributed by atoms with Crippen LogP contribution in [-0.4, -0.2) is 34.6 Å². The van der Waals surface area contributed by atoms with Gasteiger partial charge in [-0.1, -0.05) is 48.5 Å². The Morgan fingerprint density at radius 3 is 2.03 bits per heavy atom. The second-order valence-electron chi connectivity index (χ2n) is 9.85. The van der Waals surface area contributed by atoms with Gasteiger partial charge in [-0.15, -0.1) is 0 Å². The van der Waals surface area contributed by atoms with Gasteiger partial charge in [0.05, 0.1) is 11.5 Å². The molecule has 2 aromatic carbocycles. The fraction of sp³-hybridized carbons (Fsp3) is 0.519. The summed E-state index contributed by atoms with van der Waals surface area (Å²) in [4.78, 5) is 14.9. The molecule has 0 aliphatic heterocycles. The third-order valence-electron chi connectivity index (χ3n) is 5.69. The van der Waals surface area contributed by atoms with Crippen LogP contribution >= 0.6 is 0 Å². The quantitative estimate of drug-likeness (QED) is 0.397. The van der Waals surface area contributed by atoms with Gasteiger partial charge in [0, 0.05) is 23.6 Å². The number of carbonyl (C=O) groups excluding carboxylic acids is 1. The van der Waals surface area contributed by atoms with E-state index in [0.717, 1.165) is 18.5 Å². The zero-order valence-electron chi connectivity index (χ0n) is 20.1. The minimum atomic E-state index is -0.785. The Labute approximate surface area is 188 Å². The molecule has 31 heavy (non-hydrogen) atoms. The first-order valence-corrected chi connectivity index (χ1v) is 11.3. The zero-order valence-corrected chi connectivity index (χ0v) is 20.1. The van der Waals surface area contributed by atoms with Crippen molar-refractivity contribution in [2.75, 3.05) is 6.54 Å². The number of rotatable bonds is 9.